The number of ether oxygens (including phenoxy) is 1. The number of hydrogen-bond acceptors (Lipinski definition) is 3. The summed E-state index contributed by atoms with van der Waals surface area (Å²) in [6.45, 7) is 0. The van der Waals surface area contributed by atoms with Crippen LogP contribution in [0.25, 0.3) is 0 Å². The summed E-state index contributed by atoms with van der Waals surface area (Å²) in [5.74, 6) is 0.228. The zero-order valence-electron chi connectivity index (χ0n) is 8.89. The Hall–Kier alpha value is -2.31. The number of alkyl halides is 3. The Balaban J connectivity index is 2.13. The van der Waals surface area contributed by atoms with Crippen molar-refractivity contribution in [2.45, 2.75) is 6.18 Å². The van der Waals surface area contributed by atoms with E-state index in [1.807, 2.05) is 0 Å². The lowest BCUT2D eigenvalue weighted by molar-refractivity contribution is -0.141. The van der Waals surface area contributed by atoms with Crippen LogP contribution >= 0.6 is 0 Å². The molecule has 0 bridgehead atoms. The Morgan fingerprint density at radius 2 is 1.83 bits per heavy atom. The van der Waals surface area contributed by atoms with Crippen LogP contribution in [0.1, 0.15) is 5.69 Å². The van der Waals surface area contributed by atoms with Crippen LogP contribution in [0.2, 0.25) is 0 Å². The minimum absolute atomic E-state index is 0.228. The van der Waals surface area contributed by atoms with E-state index in [-0.39, 0.29) is 5.75 Å². The molecule has 0 spiro atoms. The third kappa shape index (κ3) is 2.68. The maximum absolute atomic E-state index is 12.3. The molecule has 0 saturated carbocycles. The molecule has 4 nitrogen and oxygen atoms in total. The molecule has 0 aliphatic carbocycles. The molecule has 1 heterocycles. The Morgan fingerprint density at radius 1 is 1.17 bits per heavy atom. The number of nitrogens with zero attached hydrogens (tertiary/aromatic N) is 2. The Labute approximate surface area is 99.6 Å². The summed E-state index contributed by atoms with van der Waals surface area (Å²) in [5, 5.41) is 3.09. The number of aromatic nitrogens is 2. The van der Waals surface area contributed by atoms with E-state index in [2.05, 4.69) is 5.10 Å². The van der Waals surface area contributed by atoms with Crippen molar-refractivity contribution in [2.75, 3.05) is 0 Å². The fraction of sp³-hybridized carbons (Fsp3) is 0.0909. The Kier molecular flexibility index (Phi) is 3.05. The molecule has 2 aromatic rings. The molecule has 2 rings (SSSR count). The number of hydrogen-bond donors (Lipinski definition) is 0. The van der Waals surface area contributed by atoms with E-state index >= 15 is 0 Å². The number of para-hydroxylation sites is 1. The monoisotopic (exact) mass is 256 g/mol. The van der Waals surface area contributed by atoms with Crippen molar-refractivity contribution in [1.82, 2.24) is 9.78 Å². The smallest absolute Gasteiger partial charge is 0.409 e. The zero-order valence-corrected chi connectivity index (χ0v) is 8.89. The van der Waals surface area contributed by atoms with Gasteiger partial charge in [-0.3, -0.25) is 0 Å². The fourth-order valence-electron chi connectivity index (χ4n) is 1.21. The molecule has 0 fully saturated rings. The molecule has 0 N–H and O–H groups in total. The standard InChI is InChI=1S/C11H7F3N2O2/c12-11(13,14)9-6-7-16(15-9)10(17)18-8-4-2-1-3-5-8/h1-7H. The average Bonchev–Trinajstić information content (AvgIpc) is 2.79. The highest BCUT2D eigenvalue weighted by atomic mass is 19.4. The van der Waals surface area contributed by atoms with E-state index in [1.165, 1.54) is 12.1 Å². The Morgan fingerprint density at radius 3 is 2.39 bits per heavy atom. The molecule has 7 heteroatoms. The third-order valence-electron chi connectivity index (χ3n) is 2.01. The van der Waals surface area contributed by atoms with Crippen molar-refractivity contribution in [1.29, 1.82) is 0 Å². The highest BCUT2D eigenvalue weighted by Gasteiger charge is 2.34. The van der Waals surface area contributed by atoms with Gasteiger partial charge < -0.3 is 4.74 Å². The van der Waals surface area contributed by atoms with Gasteiger partial charge >= 0.3 is 12.3 Å². The van der Waals surface area contributed by atoms with Crippen LogP contribution in [0.5, 0.6) is 5.75 Å². The molecule has 0 atom stereocenters. The lowest BCUT2D eigenvalue weighted by Gasteiger charge is -2.03. The number of benzene rings is 1. The molecule has 0 amide bonds. The van der Waals surface area contributed by atoms with Gasteiger partial charge in [-0.15, -0.1) is 0 Å². The summed E-state index contributed by atoms with van der Waals surface area (Å²) >= 11 is 0. The molecule has 0 aliphatic rings. The molecule has 0 aliphatic heterocycles. The van der Waals surface area contributed by atoms with Gasteiger partial charge in [-0.1, -0.05) is 18.2 Å². The minimum atomic E-state index is -4.59. The normalized spacial score (nSPS) is 11.3. The van der Waals surface area contributed by atoms with Gasteiger partial charge in [0.15, 0.2) is 5.69 Å². The van der Waals surface area contributed by atoms with Crippen molar-refractivity contribution in [3.05, 3.63) is 48.3 Å². The Bertz CT molecular complexity index is 549. The maximum atomic E-state index is 12.3. The van der Waals surface area contributed by atoms with Gasteiger partial charge in [-0.05, 0) is 18.2 Å². The predicted molar refractivity (Wildman–Crippen MR) is 55.1 cm³/mol. The van der Waals surface area contributed by atoms with E-state index in [4.69, 9.17) is 4.74 Å². The van der Waals surface area contributed by atoms with Crippen molar-refractivity contribution in [3.8, 4) is 5.75 Å². The van der Waals surface area contributed by atoms with Gasteiger partial charge in [-0.25, -0.2) is 4.79 Å². The first-order valence-electron chi connectivity index (χ1n) is 4.87. The first-order chi connectivity index (χ1) is 8.47. The van der Waals surface area contributed by atoms with Gasteiger partial charge in [0.1, 0.15) is 5.75 Å². The van der Waals surface area contributed by atoms with E-state index in [0.717, 1.165) is 6.20 Å². The van der Waals surface area contributed by atoms with Crippen molar-refractivity contribution >= 4 is 6.09 Å². The fourth-order valence-corrected chi connectivity index (χ4v) is 1.21. The molecule has 0 saturated heterocycles. The van der Waals surface area contributed by atoms with E-state index < -0.39 is 18.0 Å². The number of rotatable bonds is 1. The van der Waals surface area contributed by atoms with Crippen LogP contribution < -0.4 is 4.74 Å². The quantitative estimate of drug-likeness (QED) is 0.787. The summed E-state index contributed by atoms with van der Waals surface area (Å²) in [4.78, 5) is 11.5. The van der Waals surface area contributed by atoms with E-state index in [1.54, 1.807) is 18.2 Å². The molecule has 0 unspecified atom stereocenters. The molecule has 18 heavy (non-hydrogen) atoms. The minimum Gasteiger partial charge on any atom is -0.409 e. The molecular weight excluding hydrogens is 249 g/mol. The number of carbonyl (C=O) groups is 1. The van der Waals surface area contributed by atoms with E-state index in [0.29, 0.717) is 10.7 Å². The van der Waals surface area contributed by atoms with Crippen LogP contribution in [-0.2, 0) is 6.18 Å². The highest BCUT2D eigenvalue weighted by Crippen LogP contribution is 2.27. The number of halogens is 3. The SMILES string of the molecule is O=C(Oc1ccccc1)n1ccc(C(F)(F)F)n1. The second kappa shape index (κ2) is 4.52. The van der Waals surface area contributed by atoms with Crippen LogP contribution in [0, 0.1) is 0 Å². The molecule has 1 aromatic heterocycles. The van der Waals surface area contributed by atoms with Gasteiger partial charge in [0.25, 0.3) is 0 Å². The molecule has 94 valence electrons. The van der Waals surface area contributed by atoms with Crippen LogP contribution in [0.15, 0.2) is 42.6 Å². The second-order valence-electron chi connectivity index (χ2n) is 3.32. The molecular formula is C11H7F3N2O2. The van der Waals surface area contributed by atoms with Crippen molar-refractivity contribution in [3.63, 3.8) is 0 Å². The zero-order chi connectivity index (χ0) is 13.2. The van der Waals surface area contributed by atoms with E-state index in [9.17, 15) is 18.0 Å². The third-order valence-corrected chi connectivity index (χ3v) is 2.01. The maximum Gasteiger partial charge on any atom is 0.440 e. The van der Waals surface area contributed by atoms with Gasteiger partial charge in [0, 0.05) is 6.20 Å². The van der Waals surface area contributed by atoms with Gasteiger partial charge in [0.05, 0.1) is 0 Å². The summed E-state index contributed by atoms with van der Waals surface area (Å²) in [6.07, 6.45) is -4.69. The first-order valence-corrected chi connectivity index (χ1v) is 4.87. The van der Waals surface area contributed by atoms with Gasteiger partial charge in [-0.2, -0.15) is 23.0 Å². The molecule has 1 aromatic carbocycles. The lowest BCUT2D eigenvalue weighted by atomic mass is 10.3. The summed E-state index contributed by atoms with van der Waals surface area (Å²) in [5.41, 5.74) is -1.15. The van der Waals surface area contributed by atoms with Crippen LogP contribution in [-0.4, -0.2) is 15.9 Å². The first kappa shape index (κ1) is 12.2. The lowest BCUT2D eigenvalue weighted by Crippen LogP contribution is -2.18. The molecule has 0 radical (unpaired) electrons. The van der Waals surface area contributed by atoms with Crippen molar-refractivity contribution in [2.24, 2.45) is 0 Å². The second-order valence-corrected chi connectivity index (χ2v) is 3.32. The average molecular weight is 256 g/mol. The topological polar surface area (TPSA) is 44.1 Å². The van der Waals surface area contributed by atoms with Crippen molar-refractivity contribution < 1.29 is 22.7 Å². The summed E-state index contributed by atoms with van der Waals surface area (Å²) in [6, 6.07) is 8.69. The summed E-state index contributed by atoms with van der Waals surface area (Å²) in [7, 11) is 0. The summed E-state index contributed by atoms with van der Waals surface area (Å²) < 4.78 is 42.1. The number of carbonyl (C=O) groups excluding carboxylic acids is 1. The predicted octanol–water partition coefficient (Wildman–Crippen LogP) is 2.95. The van der Waals surface area contributed by atoms with Crippen LogP contribution in [0.3, 0.4) is 0 Å². The van der Waals surface area contributed by atoms with Gasteiger partial charge in [0.2, 0.25) is 0 Å². The highest BCUT2D eigenvalue weighted by molar-refractivity contribution is 5.72. The van der Waals surface area contributed by atoms with Crippen LogP contribution in [0.4, 0.5) is 18.0 Å². The largest absolute Gasteiger partial charge is 0.440 e.